The molecule has 3 rings (SSSR count). The van der Waals surface area contributed by atoms with E-state index >= 15 is 0 Å². The van der Waals surface area contributed by atoms with Crippen molar-refractivity contribution in [2.45, 2.75) is 17.8 Å². The van der Waals surface area contributed by atoms with Gasteiger partial charge in [0.05, 0.1) is 12.7 Å². The van der Waals surface area contributed by atoms with Gasteiger partial charge in [0.25, 0.3) is 0 Å². The van der Waals surface area contributed by atoms with Crippen LogP contribution < -0.4 is 4.74 Å². The monoisotopic (exact) mass is 311 g/mol. The molecule has 1 heterocycles. The fourth-order valence-electron chi connectivity index (χ4n) is 2.19. The topological polar surface area (TPSA) is 50.8 Å². The van der Waals surface area contributed by atoms with Gasteiger partial charge in [0.15, 0.2) is 5.82 Å². The first-order chi connectivity index (χ1) is 10.8. The SMILES string of the molecule is COc1ccccc1-c1nc(SCc2ccccc2C)n[nH]1. The van der Waals surface area contributed by atoms with Crippen LogP contribution in [0.3, 0.4) is 0 Å². The average Bonchev–Trinajstić information content (AvgIpc) is 3.03. The highest BCUT2D eigenvalue weighted by molar-refractivity contribution is 7.98. The summed E-state index contributed by atoms with van der Waals surface area (Å²) in [5.41, 5.74) is 3.51. The van der Waals surface area contributed by atoms with Crippen molar-refractivity contribution in [2.24, 2.45) is 0 Å². The summed E-state index contributed by atoms with van der Waals surface area (Å²) in [5, 5.41) is 8.01. The molecule has 0 aliphatic rings. The molecule has 0 spiro atoms. The van der Waals surface area contributed by atoms with Crippen LogP contribution in [0.4, 0.5) is 0 Å². The largest absolute Gasteiger partial charge is 0.496 e. The summed E-state index contributed by atoms with van der Waals surface area (Å²) in [6.45, 7) is 2.12. The Bertz CT molecular complexity index is 770. The van der Waals surface area contributed by atoms with Crippen LogP contribution in [0.25, 0.3) is 11.4 Å². The van der Waals surface area contributed by atoms with E-state index in [2.05, 4.69) is 46.4 Å². The molecule has 0 saturated carbocycles. The Balaban J connectivity index is 1.75. The van der Waals surface area contributed by atoms with Crippen molar-refractivity contribution in [3.8, 4) is 17.1 Å². The molecule has 0 aliphatic carbocycles. The molecule has 4 nitrogen and oxygen atoms in total. The van der Waals surface area contributed by atoms with Crippen molar-refractivity contribution in [3.05, 3.63) is 59.7 Å². The highest BCUT2D eigenvalue weighted by Gasteiger charge is 2.11. The van der Waals surface area contributed by atoms with E-state index in [-0.39, 0.29) is 0 Å². The summed E-state index contributed by atoms with van der Waals surface area (Å²) >= 11 is 1.62. The summed E-state index contributed by atoms with van der Waals surface area (Å²) in [6.07, 6.45) is 0. The van der Waals surface area contributed by atoms with E-state index in [1.54, 1.807) is 18.9 Å². The Morgan fingerprint density at radius 2 is 1.86 bits per heavy atom. The molecule has 5 heteroatoms. The van der Waals surface area contributed by atoms with E-state index in [4.69, 9.17) is 4.74 Å². The highest BCUT2D eigenvalue weighted by atomic mass is 32.2. The molecule has 3 aromatic rings. The van der Waals surface area contributed by atoms with Crippen LogP contribution in [0.2, 0.25) is 0 Å². The predicted molar refractivity (Wildman–Crippen MR) is 89.1 cm³/mol. The lowest BCUT2D eigenvalue weighted by Crippen LogP contribution is -1.88. The molecule has 0 atom stereocenters. The number of H-pyrrole nitrogens is 1. The quantitative estimate of drug-likeness (QED) is 0.721. The van der Waals surface area contributed by atoms with Gasteiger partial charge in [-0.05, 0) is 30.2 Å². The van der Waals surface area contributed by atoms with E-state index in [0.29, 0.717) is 0 Å². The average molecular weight is 311 g/mol. The van der Waals surface area contributed by atoms with Crippen molar-refractivity contribution in [1.29, 1.82) is 0 Å². The number of thioether (sulfide) groups is 1. The molecule has 2 aromatic carbocycles. The molecule has 0 bridgehead atoms. The molecule has 0 amide bonds. The van der Waals surface area contributed by atoms with E-state index < -0.39 is 0 Å². The second kappa shape index (κ2) is 6.66. The fourth-order valence-corrected chi connectivity index (χ4v) is 3.06. The first-order valence-corrected chi connectivity index (χ1v) is 7.99. The van der Waals surface area contributed by atoms with Crippen LogP contribution in [0, 0.1) is 6.92 Å². The first kappa shape index (κ1) is 14.7. The number of aromatic amines is 1. The summed E-state index contributed by atoms with van der Waals surface area (Å²) in [6, 6.07) is 16.1. The van der Waals surface area contributed by atoms with Gasteiger partial charge in [0, 0.05) is 5.75 Å². The molecule has 0 saturated heterocycles. The van der Waals surface area contributed by atoms with Crippen molar-refractivity contribution >= 4 is 11.8 Å². The number of aryl methyl sites for hydroxylation is 1. The highest BCUT2D eigenvalue weighted by Crippen LogP contribution is 2.28. The number of nitrogens with zero attached hydrogens (tertiary/aromatic N) is 2. The molecule has 0 radical (unpaired) electrons. The number of aromatic nitrogens is 3. The summed E-state index contributed by atoms with van der Waals surface area (Å²) in [5.74, 6) is 2.37. The predicted octanol–water partition coefficient (Wildman–Crippen LogP) is 4.08. The second-order valence-electron chi connectivity index (χ2n) is 4.88. The first-order valence-electron chi connectivity index (χ1n) is 7.01. The maximum atomic E-state index is 5.36. The number of hydrogen-bond donors (Lipinski definition) is 1. The Kier molecular flexibility index (Phi) is 4.44. The van der Waals surface area contributed by atoms with Gasteiger partial charge in [-0.1, -0.05) is 48.2 Å². The number of benzene rings is 2. The number of para-hydroxylation sites is 1. The smallest absolute Gasteiger partial charge is 0.209 e. The van der Waals surface area contributed by atoms with Gasteiger partial charge < -0.3 is 4.74 Å². The van der Waals surface area contributed by atoms with E-state index in [1.807, 2.05) is 24.3 Å². The summed E-state index contributed by atoms with van der Waals surface area (Å²) < 4.78 is 5.36. The maximum absolute atomic E-state index is 5.36. The van der Waals surface area contributed by atoms with Gasteiger partial charge >= 0.3 is 0 Å². The van der Waals surface area contributed by atoms with Crippen LogP contribution in [0.15, 0.2) is 53.7 Å². The summed E-state index contributed by atoms with van der Waals surface area (Å²) in [4.78, 5) is 4.55. The third-order valence-electron chi connectivity index (χ3n) is 3.45. The van der Waals surface area contributed by atoms with E-state index in [1.165, 1.54) is 11.1 Å². The van der Waals surface area contributed by atoms with Crippen LogP contribution in [-0.2, 0) is 5.75 Å². The number of nitrogens with one attached hydrogen (secondary N) is 1. The van der Waals surface area contributed by atoms with Crippen LogP contribution >= 0.6 is 11.8 Å². The van der Waals surface area contributed by atoms with Crippen LogP contribution in [0.1, 0.15) is 11.1 Å². The van der Waals surface area contributed by atoms with Crippen LogP contribution in [-0.4, -0.2) is 22.3 Å². The van der Waals surface area contributed by atoms with E-state index in [0.717, 1.165) is 28.0 Å². The minimum atomic E-state index is 0.727. The number of ether oxygens (including phenoxy) is 1. The van der Waals surface area contributed by atoms with Gasteiger partial charge in [-0.15, -0.1) is 5.10 Å². The standard InChI is InChI=1S/C17H17N3OS/c1-12-7-3-4-8-13(12)11-22-17-18-16(19-20-17)14-9-5-6-10-15(14)21-2/h3-10H,11H2,1-2H3,(H,18,19,20). The molecule has 112 valence electrons. The lowest BCUT2D eigenvalue weighted by molar-refractivity contribution is 0.416. The van der Waals surface area contributed by atoms with Gasteiger partial charge in [0.2, 0.25) is 5.16 Å². The normalized spacial score (nSPS) is 10.6. The lowest BCUT2D eigenvalue weighted by atomic mass is 10.1. The van der Waals surface area contributed by atoms with Gasteiger partial charge in [0.1, 0.15) is 5.75 Å². The van der Waals surface area contributed by atoms with Crippen molar-refractivity contribution < 1.29 is 4.74 Å². The molecule has 0 fully saturated rings. The van der Waals surface area contributed by atoms with Crippen molar-refractivity contribution in [3.63, 3.8) is 0 Å². The maximum Gasteiger partial charge on any atom is 0.209 e. The molecule has 0 aliphatic heterocycles. The minimum Gasteiger partial charge on any atom is -0.496 e. The Hall–Kier alpha value is -2.27. The van der Waals surface area contributed by atoms with E-state index in [9.17, 15) is 0 Å². The van der Waals surface area contributed by atoms with Crippen LogP contribution in [0.5, 0.6) is 5.75 Å². The molecular weight excluding hydrogens is 294 g/mol. The molecule has 22 heavy (non-hydrogen) atoms. The Labute approximate surface area is 133 Å². The zero-order valence-electron chi connectivity index (χ0n) is 12.5. The second-order valence-corrected chi connectivity index (χ2v) is 5.82. The minimum absolute atomic E-state index is 0.727. The fraction of sp³-hybridized carbons (Fsp3) is 0.176. The van der Waals surface area contributed by atoms with Gasteiger partial charge in [-0.2, -0.15) is 0 Å². The molecule has 0 unspecified atom stereocenters. The Morgan fingerprint density at radius 1 is 1.09 bits per heavy atom. The summed E-state index contributed by atoms with van der Waals surface area (Å²) in [7, 11) is 1.66. The number of rotatable bonds is 5. The third kappa shape index (κ3) is 3.14. The molecular formula is C17H17N3OS. The zero-order chi connectivity index (χ0) is 15.4. The molecule has 1 aromatic heterocycles. The number of hydrogen-bond acceptors (Lipinski definition) is 4. The number of methoxy groups -OCH3 is 1. The zero-order valence-corrected chi connectivity index (χ0v) is 13.4. The third-order valence-corrected chi connectivity index (χ3v) is 4.34. The van der Waals surface area contributed by atoms with Gasteiger partial charge in [-0.3, -0.25) is 5.10 Å². The van der Waals surface area contributed by atoms with Gasteiger partial charge in [-0.25, -0.2) is 4.98 Å². The van der Waals surface area contributed by atoms with Crippen molar-refractivity contribution in [2.75, 3.05) is 7.11 Å². The lowest BCUT2D eigenvalue weighted by Gasteiger charge is -2.04. The Morgan fingerprint density at radius 3 is 2.68 bits per heavy atom. The molecule has 1 N–H and O–H groups in total. The van der Waals surface area contributed by atoms with Crippen molar-refractivity contribution in [1.82, 2.24) is 15.2 Å².